The van der Waals surface area contributed by atoms with Crippen molar-refractivity contribution in [3.05, 3.63) is 29.6 Å². The van der Waals surface area contributed by atoms with Crippen LogP contribution >= 0.6 is 0 Å². The lowest BCUT2D eigenvalue weighted by Gasteiger charge is -2.22. The molecule has 0 aliphatic heterocycles. The number of halogens is 4. The summed E-state index contributed by atoms with van der Waals surface area (Å²) in [5.41, 5.74) is 5.62. The van der Waals surface area contributed by atoms with Crippen LogP contribution in [0.5, 0.6) is 0 Å². The van der Waals surface area contributed by atoms with Crippen LogP contribution in [0.1, 0.15) is 12.5 Å². The number of rotatable bonds is 5. The van der Waals surface area contributed by atoms with Gasteiger partial charge < -0.3 is 5.73 Å². The summed E-state index contributed by atoms with van der Waals surface area (Å²) in [5.74, 6) is -1.11. The molecule has 1 rings (SSSR count). The van der Waals surface area contributed by atoms with Gasteiger partial charge in [-0.1, -0.05) is 13.0 Å². The van der Waals surface area contributed by atoms with Crippen molar-refractivity contribution in [1.82, 2.24) is 4.31 Å². The molecule has 0 atom stereocenters. The lowest BCUT2D eigenvalue weighted by Crippen LogP contribution is -2.39. The van der Waals surface area contributed by atoms with Crippen LogP contribution < -0.4 is 5.73 Å². The molecule has 0 fully saturated rings. The first-order valence-electron chi connectivity index (χ1n) is 5.67. The van der Waals surface area contributed by atoms with Crippen molar-refractivity contribution in [3.8, 4) is 0 Å². The van der Waals surface area contributed by atoms with Crippen molar-refractivity contribution < 1.29 is 26.0 Å². The van der Waals surface area contributed by atoms with Crippen LogP contribution in [0.25, 0.3) is 0 Å². The van der Waals surface area contributed by atoms with Crippen LogP contribution in [0.15, 0.2) is 23.1 Å². The summed E-state index contributed by atoms with van der Waals surface area (Å²) in [6.07, 6.45) is -4.70. The van der Waals surface area contributed by atoms with Crippen molar-refractivity contribution in [2.75, 3.05) is 13.1 Å². The number of nitrogens with two attached hydrogens (primary N) is 1. The largest absolute Gasteiger partial charge is 0.402 e. The molecule has 0 spiro atoms. The molecule has 4 nitrogen and oxygen atoms in total. The number of nitrogens with zero attached hydrogens (tertiary/aromatic N) is 1. The molecule has 114 valence electrons. The van der Waals surface area contributed by atoms with Crippen LogP contribution in [-0.2, 0) is 16.6 Å². The quantitative estimate of drug-likeness (QED) is 0.844. The number of hydrogen-bond donors (Lipinski definition) is 1. The van der Waals surface area contributed by atoms with E-state index in [4.69, 9.17) is 5.73 Å². The van der Waals surface area contributed by atoms with Crippen molar-refractivity contribution in [1.29, 1.82) is 0 Å². The molecular weight excluding hydrogens is 300 g/mol. The van der Waals surface area contributed by atoms with E-state index in [1.807, 2.05) is 0 Å². The van der Waals surface area contributed by atoms with E-state index in [0.717, 1.165) is 12.1 Å². The van der Waals surface area contributed by atoms with Gasteiger partial charge in [-0.15, -0.1) is 0 Å². The molecule has 0 bridgehead atoms. The maximum atomic E-state index is 13.6. The van der Waals surface area contributed by atoms with Gasteiger partial charge in [0.1, 0.15) is 17.3 Å². The smallest absolute Gasteiger partial charge is 0.326 e. The Morgan fingerprint density at radius 3 is 2.35 bits per heavy atom. The molecule has 0 saturated carbocycles. The topological polar surface area (TPSA) is 63.4 Å². The second-order valence-electron chi connectivity index (χ2n) is 4.02. The molecule has 20 heavy (non-hydrogen) atoms. The molecular formula is C11H14F4N2O2S. The Kier molecular flexibility index (Phi) is 5.11. The summed E-state index contributed by atoms with van der Waals surface area (Å²) in [6, 6.07) is 3.09. The summed E-state index contributed by atoms with van der Waals surface area (Å²) in [7, 11) is -4.56. The van der Waals surface area contributed by atoms with Crippen molar-refractivity contribution >= 4 is 10.0 Å². The van der Waals surface area contributed by atoms with E-state index in [9.17, 15) is 26.0 Å². The van der Waals surface area contributed by atoms with Gasteiger partial charge >= 0.3 is 6.18 Å². The van der Waals surface area contributed by atoms with Crippen molar-refractivity contribution in [3.63, 3.8) is 0 Å². The normalized spacial score (nSPS) is 12.9. The van der Waals surface area contributed by atoms with E-state index >= 15 is 0 Å². The van der Waals surface area contributed by atoms with Gasteiger partial charge in [-0.2, -0.15) is 17.5 Å². The zero-order valence-electron chi connectivity index (χ0n) is 10.6. The highest BCUT2D eigenvalue weighted by Gasteiger charge is 2.37. The van der Waals surface area contributed by atoms with Gasteiger partial charge in [0, 0.05) is 13.1 Å². The summed E-state index contributed by atoms with van der Waals surface area (Å²) in [4.78, 5) is -0.799. The Balaban J connectivity index is 3.27. The predicted octanol–water partition coefficient (Wildman–Crippen LogP) is 1.86. The van der Waals surface area contributed by atoms with E-state index in [1.165, 1.54) is 13.0 Å². The van der Waals surface area contributed by atoms with Crippen LogP contribution in [0.2, 0.25) is 0 Å². The van der Waals surface area contributed by atoms with Gasteiger partial charge in [-0.25, -0.2) is 12.8 Å². The minimum Gasteiger partial charge on any atom is -0.326 e. The first kappa shape index (κ1) is 16.9. The third-order valence-electron chi connectivity index (χ3n) is 2.56. The molecule has 0 heterocycles. The van der Waals surface area contributed by atoms with Crippen molar-refractivity contribution in [2.45, 2.75) is 24.5 Å². The maximum absolute atomic E-state index is 13.6. The number of sulfonamides is 1. The zero-order valence-corrected chi connectivity index (χ0v) is 11.4. The first-order valence-corrected chi connectivity index (χ1v) is 7.11. The Bertz CT molecular complexity index is 572. The van der Waals surface area contributed by atoms with E-state index in [0.29, 0.717) is 5.56 Å². The number of alkyl halides is 3. The van der Waals surface area contributed by atoms with E-state index in [2.05, 4.69) is 0 Å². The lowest BCUT2D eigenvalue weighted by atomic mass is 10.2. The summed E-state index contributed by atoms with van der Waals surface area (Å²) >= 11 is 0. The van der Waals surface area contributed by atoms with E-state index < -0.39 is 40.0 Å². The average molecular weight is 314 g/mol. The average Bonchev–Trinajstić information content (AvgIpc) is 2.35. The number of hydrogen-bond acceptors (Lipinski definition) is 3. The van der Waals surface area contributed by atoms with Gasteiger partial charge in [0.25, 0.3) is 0 Å². The molecule has 9 heteroatoms. The minimum absolute atomic E-state index is 0.0474. The molecule has 0 aromatic heterocycles. The molecule has 1 aromatic rings. The van der Waals surface area contributed by atoms with Gasteiger partial charge in [0.15, 0.2) is 0 Å². The highest BCUT2D eigenvalue weighted by atomic mass is 32.2. The van der Waals surface area contributed by atoms with Crippen LogP contribution in [0, 0.1) is 5.82 Å². The molecule has 1 aromatic carbocycles. The van der Waals surface area contributed by atoms with E-state index in [1.54, 1.807) is 0 Å². The molecule has 0 amide bonds. The molecule has 0 saturated heterocycles. The van der Waals surface area contributed by atoms with E-state index in [-0.39, 0.29) is 10.8 Å². The SMILES string of the molecule is CCN(CC(F)(F)F)S(=O)(=O)c1cc(CN)ccc1F. The Morgan fingerprint density at radius 1 is 1.30 bits per heavy atom. The fraction of sp³-hybridized carbons (Fsp3) is 0.455. The number of benzene rings is 1. The van der Waals surface area contributed by atoms with Gasteiger partial charge in [0.2, 0.25) is 10.0 Å². The Morgan fingerprint density at radius 2 is 1.90 bits per heavy atom. The third-order valence-corrected chi connectivity index (χ3v) is 4.49. The molecule has 0 radical (unpaired) electrons. The molecule has 2 N–H and O–H groups in total. The maximum Gasteiger partial charge on any atom is 0.402 e. The van der Waals surface area contributed by atoms with Gasteiger partial charge in [-0.3, -0.25) is 0 Å². The summed E-state index contributed by atoms with van der Waals surface area (Å²) in [6.45, 7) is -0.894. The monoisotopic (exact) mass is 314 g/mol. The zero-order chi connectivity index (χ0) is 15.6. The van der Waals surface area contributed by atoms with Crippen molar-refractivity contribution in [2.24, 2.45) is 5.73 Å². The Hall–Kier alpha value is -1.19. The lowest BCUT2D eigenvalue weighted by molar-refractivity contribution is -0.135. The highest BCUT2D eigenvalue weighted by molar-refractivity contribution is 7.89. The predicted molar refractivity (Wildman–Crippen MR) is 64.8 cm³/mol. The minimum atomic E-state index is -4.70. The standard InChI is InChI=1S/C11H14F4N2O2S/c1-2-17(7-11(13,14)15)20(18,19)10-5-8(6-16)3-4-9(10)12/h3-5H,2,6-7,16H2,1H3. The summed E-state index contributed by atoms with van der Waals surface area (Å²) in [5, 5.41) is 0. The Labute approximate surface area is 114 Å². The molecule has 0 aliphatic carbocycles. The molecule has 0 unspecified atom stereocenters. The molecule has 0 aliphatic rings. The second-order valence-corrected chi connectivity index (χ2v) is 5.92. The van der Waals surface area contributed by atoms with Gasteiger partial charge in [-0.05, 0) is 17.7 Å². The second kappa shape index (κ2) is 6.06. The fourth-order valence-electron chi connectivity index (χ4n) is 1.58. The van der Waals surface area contributed by atoms with Crippen LogP contribution in [0.3, 0.4) is 0 Å². The van der Waals surface area contributed by atoms with Crippen LogP contribution in [-0.4, -0.2) is 32.0 Å². The van der Waals surface area contributed by atoms with Crippen LogP contribution in [0.4, 0.5) is 17.6 Å². The fourth-order valence-corrected chi connectivity index (χ4v) is 3.13. The highest BCUT2D eigenvalue weighted by Crippen LogP contribution is 2.24. The summed E-state index contributed by atoms with van der Waals surface area (Å²) < 4.78 is 75.0. The first-order chi connectivity index (χ1) is 9.11. The van der Waals surface area contributed by atoms with Gasteiger partial charge in [0.05, 0.1) is 0 Å². The third kappa shape index (κ3) is 3.90.